The Bertz CT molecular complexity index is 565. The topological polar surface area (TPSA) is 20.2 Å². The molecule has 1 aromatic carbocycles. The van der Waals surface area contributed by atoms with E-state index in [-0.39, 0.29) is 0 Å². The molecule has 19 heavy (non-hydrogen) atoms. The van der Waals surface area contributed by atoms with Crippen molar-refractivity contribution in [2.24, 2.45) is 0 Å². The molecule has 0 atom stereocenters. The van der Waals surface area contributed by atoms with E-state index in [9.17, 15) is 0 Å². The maximum absolute atomic E-state index is 3.42. The number of hydrogen-bond acceptors (Lipinski definition) is 2. The average molecular weight is 257 g/mol. The van der Waals surface area contributed by atoms with E-state index in [2.05, 4.69) is 53.0 Å². The van der Waals surface area contributed by atoms with E-state index in [1.54, 1.807) is 0 Å². The van der Waals surface area contributed by atoms with Crippen molar-refractivity contribution in [3.63, 3.8) is 0 Å². The molecule has 3 heteroatoms. The molecule has 0 aliphatic carbocycles. The molecule has 0 spiro atoms. The lowest BCUT2D eigenvalue weighted by molar-refractivity contribution is 0.234. The van der Waals surface area contributed by atoms with Gasteiger partial charge in [-0.25, -0.2) is 0 Å². The van der Waals surface area contributed by atoms with Crippen LogP contribution in [0.25, 0.3) is 10.9 Å². The van der Waals surface area contributed by atoms with Gasteiger partial charge in [0, 0.05) is 50.9 Å². The summed E-state index contributed by atoms with van der Waals surface area (Å²) in [5.74, 6) is 0. The highest BCUT2D eigenvalue weighted by molar-refractivity contribution is 5.86. The van der Waals surface area contributed by atoms with Gasteiger partial charge in [0.2, 0.25) is 0 Å². The molecular weight excluding hydrogens is 234 g/mol. The molecule has 1 aromatic heterocycles. The highest BCUT2D eigenvalue weighted by atomic mass is 15.2. The van der Waals surface area contributed by atoms with Crippen LogP contribution in [0.2, 0.25) is 0 Å². The van der Waals surface area contributed by atoms with Gasteiger partial charge in [-0.3, -0.25) is 4.90 Å². The summed E-state index contributed by atoms with van der Waals surface area (Å²) >= 11 is 0. The smallest absolute Gasteiger partial charge is 0.0513 e. The van der Waals surface area contributed by atoms with Crippen molar-refractivity contribution >= 4 is 10.9 Å². The minimum Gasteiger partial charge on any atom is -0.347 e. The van der Waals surface area contributed by atoms with Crippen molar-refractivity contribution in [1.82, 2.24) is 14.8 Å². The molecule has 1 saturated heterocycles. The molecule has 0 bridgehead atoms. The highest BCUT2D eigenvalue weighted by Crippen LogP contribution is 2.25. The molecule has 0 saturated carbocycles. The summed E-state index contributed by atoms with van der Waals surface area (Å²) in [5, 5.41) is 4.85. The molecule has 2 aromatic rings. The van der Waals surface area contributed by atoms with Crippen molar-refractivity contribution in [3.05, 3.63) is 35.5 Å². The Morgan fingerprint density at radius 1 is 1.21 bits per heavy atom. The second kappa shape index (κ2) is 5.35. The molecule has 102 valence electrons. The quantitative estimate of drug-likeness (QED) is 0.911. The van der Waals surface area contributed by atoms with E-state index in [1.807, 2.05) is 0 Å². The minimum atomic E-state index is 1.04. The Balaban J connectivity index is 1.96. The van der Waals surface area contributed by atoms with E-state index in [4.69, 9.17) is 0 Å². The Morgan fingerprint density at radius 2 is 2.00 bits per heavy atom. The predicted molar refractivity (Wildman–Crippen MR) is 80.5 cm³/mol. The summed E-state index contributed by atoms with van der Waals surface area (Å²) in [4.78, 5) is 2.55. The minimum absolute atomic E-state index is 1.04. The monoisotopic (exact) mass is 257 g/mol. The van der Waals surface area contributed by atoms with Crippen LogP contribution in [0.15, 0.2) is 24.4 Å². The second-order valence-electron chi connectivity index (χ2n) is 5.44. The van der Waals surface area contributed by atoms with E-state index in [0.29, 0.717) is 0 Å². The first kappa shape index (κ1) is 12.7. The predicted octanol–water partition coefficient (Wildman–Crippen LogP) is 2.37. The van der Waals surface area contributed by atoms with Gasteiger partial charge in [0.25, 0.3) is 0 Å². The molecule has 0 amide bonds. The number of rotatable bonds is 3. The van der Waals surface area contributed by atoms with E-state index in [1.165, 1.54) is 22.0 Å². The van der Waals surface area contributed by atoms with Crippen LogP contribution in [0.3, 0.4) is 0 Å². The van der Waals surface area contributed by atoms with Crippen molar-refractivity contribution in [3.8, 4) is 0 Å². The largest absolute Gasteiger partial charge is 0.347 e. The summed E-state index contributed by atoms with van der Waals surface area (Å²) in [6.45, 7) is 11.1. The zero-order chi connectivity index (χ0) is 13.2. The molecule has 3 rings (SSSR count). The first-order valence-electron chi connectivity index (χ1n) is 7.30. The lowest BCUT2D eigenvalue weighted by Crippen LogP contribution is -2.42. The van der Waals surface area contributed by atoms with Crippen molar-refractivity contribution < 1.29 is 0 Å². The Hall–Kier alpha value is -1.32. The lowest BCUT2D eigenvalue weighted by atomic mass is 10.1. The van der Waals surface area contributed by atoms with Gasteiger partial charge in [-0.05, 0) is 25.0 Å². The van der Waals surface area contributed by atoms with E-state index < -0.39 is 0 Å². The number of aryl methyl sites for hydroxylation is 2. The van der Waals surface area contributed by atoms with Gasteiger partial charge < -0.3 is 9.88 Å². The van der Waals surface area contributed by atoms with Gasteiger partial charge in [-0.2, -0.15) is 0 Å². The number of nitrogens with zero attached hydrogens (tertiary/aromatic N) is 2. The van der Waals surface area contributed by atoms with Crippen molar-refractivity contribution in [1.29, 1.82) is 0 Å². The van der Waals surface area contributed by atoms with Crippen LogP contribution in [0, 0.1) is 6.92 Å². The van der Waals surface area contributed by atoms with Gasteiger partial charge in [0.05, 0.1) is 5.52 Å². The summed E-state index contributed by atoms with van der Waals surface area (Å²) in [6.07, 6.45) is 2.35. The maximum Gasteiger partial charge on any atom is 0.0513 e. The molecule has 2 heterocycles. The van der Waals surface area contributed by atoms with E-state index >= 15 is 0 Å². The van der Waals surface area contributed by atoms with Gasteiger partial charge in [-0.1, -0.05) is 18.2 Å². The van der Waals surface area contributed by atoms with Crippen molar-refractivity contribution in [2.75, 3.05) is 26.2 Å². The van der Waals surface area contributed by atoms with Crippen LogP contribution in [0.4, 0.5) is 0 Å². The molecule has 1 N–H and O–H groups in total. The Kier molecular flexibility index (Phi) is 3.58. The number of hydrogen-bond donors (Lipinski definition) is 1. The van der Waals surface area contributed by atoms with E-state index in [0.717, 1.165) is 39.3 Å². The maximum atomic E-state index is 3.42. The Morgan fingerprint density at radius 3 is 2.74 bits per heavy atom. The van der Waals surface area contributed by atoms with Gasteiger partial charge in [-0.15, -0.1) is 0 Å². The van der Waals surface area contributed by atoms with Crippen LogP contribution in [0.5, 0.6) is 0 Å². The molecule has 1 aliphatic rings. The second-order valence-corrected chi connectivity index (χ2v) is 5.44. The summed E-state index contributed by atoms with van der Waals surface area (Å²) < 4.78 is 2.39. The summed E-state index contributed by atoms with van der Waals surface area (Å²) in [7, 11) is 0. The molecule has 3 nitrogen and oxygen atoms in total. The van der Waals surface area contributed by atoms with Crippen LogP contribution < -0.4 is 5.32 Å². The zero-order valence-corrected chi connectivity index (χ0v) is 11.9. The van der Waals surface area contributed by atoms with Crippen LogP contribution in [-0.2, 0) is 13.1 Å². The standard InChI is InChI=1S/C16H23N3/c1-3-19-12-14(11-18-9-7-17-8-10-18)15-6-4-5-13(2)16(15)19/h4-6,12,17H,3,7-11H2,1-2H3. The third kappa shape index (κ3) is 2.40. The molecule has 1 aliphatic heterocycles. The number of piperazine rings is 1. The molecular formula is C16H23N3. The number of fused-ring (bicyclic) bond motifs is 1. The van der Waals surface area contributed by atoms with Crippen LogP contribution in [-0.4, -0.2) is 35.6 Å². The lowest BCUT2D eigenvalue weighted by Gasteiger charge is -2.26. The third-order valence-electron chi connectivity index (χ3n) is 4.13. The fourth-order valence-corrected chi connectivity index (χ4v) is 3.11. The van der Waals surface area contributed by atoms with Gasteiger partial charge >= 0.3 is 0 Å². The SMILES string of the molecule is CCn1cc(CN2CCNCC2)c2cccc(C)c21. The average Bonchev–Trinajstić information content (AvgIpc) is 2.80. The highest BCUT2D eigenvalue weighted by Gasteiger charge is 2.14. The number of nitrogens with one attached hydrogen (secondary N) is 1. The summed E-state index contributed by atoms with van der Waals surface area (Å²) in [6, 6.07) is 6.66. The zero-order valence-electron chi connectivity index (χ0n) is 11.9. The normalized spacial score (nSPS) is 17.2. The van der Waals surface area contributed by atoms with Crippen LogP contribution >= 0.6 is 0 Å². The Labute approximate surface area is 115 Å². The number of aromatic nitrogens is 1. The van der Waals surface area contributed by atoms with Crippen LogP contribution in [0.1, 0.15) is 18.1 Å². The number of benzene rings is 1. The number of para-hydroxylation sites is 1. The van der Waals surface area contributed by atoms with Crippen molar-refractivity contribution in [2.45, 2.75) is 26.9 Å². The fraction of sp³-hybridized carbons (Fsp3) is 0.500. The molecule has 1 fully saturated rings. The third-order valence-corrected chi connectivity index (χ3v) is 4.13. The fourth-order valence-electron chi connectivity index (χ4n) is 3.11. The van der Waals surface area contributed by atoms with Gasteiger partial charge in [0.15, 0.2) is 0 Å². The molecule has 0 unspecified atom stereocenters. The first-order valence-corrected chi connectivity index (χ1v) is 7.30. The first-order chi connectivity index (χ1) is 9.29. The van der Waals surface area contributed by atoms with Gasteiger partial charge in [0.1, 0.15) is 0 Å². The molecule has 0 radical (unpaired) electrons. The summed E-state index contributed by atoms with van der Waals surface area (Å²) in [5.41, 5.74) is 4.27.